The zero-order valence-electron chi connectivity index (χ0n) is 12.4. The number of anilines is 1. The second-order valence-electron chi connectivity index (χ2n) is 5.18. The van der Waals surface area contributed by atoms with Crippen molar-refractivity contribution in [3.63, 3.8) is 0 Å². The lowest BCUT2D eigenvalue weighted by Gasteiger charge is -2.17. The number of nitrogens with one attached hydrogen (secondary N) is 2. The number of pyridine rings is 1. The Bertz CT molecular complexity index is 805. The Morgan fingerprint density at radius 3 is 2.70 bits per heavy atom. The van der Waals surface area contributed by atoms with Gasteiger partial charge < -0.3 is 15.7 Å². The van der Waals surface area contributed by atoms with Gasteiger partial charge in [-0.25, -0.2) is 4.79 Å². The number of urea groups is 1. The first-order valence-electron chi connectivity index (χ1n) is 7.33. The second kappa shape index (κ2) is 6.89. The molecular weight excluding hydrogens is 290 g/mol. The lowest BCUT2D eigenvalue weighted by Crippen LogP contribution is -2.34. The minimum atomic E-state index is -0.444. The summed E-state index contributed by atoms with van der Waals surface area (Å²) in [5.74, 6) is 0. The molecule has 0 fully saturated rings. The van der Waals surface area contributed by atoms with E-state index >= 15 is 0 Å². The molecule has 1 aromatic heterocycles. The summed E-state index contributed by atoms with van der Waals surface area (Å²) < 4.78 is 0. The number of rotatable bonds is 4. The average Bonchev–Trinajstić information content (AvgIpc) is 2.60. The van der Waals surface area contributed by atoms with Crippen LogP contribution in [0, 0.1) is 0 Å². The highest BCUT2D eigenvalue weighted by molar-refractivity contribution is 5.93. The van der Waals surface area contributed by atoms with Crippen molar-refractivity contribution in [1.82, 2.24) is 10.3 Å². The summed E-state index contributed by atoms with van der Waals surface area (Å²) in [7, 11) is 0. The third kappa shape index (κ3) is 3.64. The number of aliphatic hydroxyl groups is 1. The lowest BCUT2D eigenvalue weighted by atomic mass is 10.1. The fraction of sp³-hybridized carbons (Fsp3) is 0.111. The maximum absolute atomic E-state index is 12.1. The van der Waals surface area contributed by atoms with Crippen LogP contribution in [-0.2, 0) is 0 Å². The maximum atomic E-state index is 12.1. The molecule has 3 aromatic rings. The second-order valence-corrected chi connectivity index (χ2v) is 5.18. The van der Waals surface area contributed by atoms with Crippen LogP contribution in [0.5, 0.6) is 0 Å². The van der Waals surface area contributed by atoms with E-state index in [-0.39, 0.29) is 12.6 Å². The largest absolute Gasteiger partial charge is 0.394 e. The van der Waals surface area contributed by atoms with Gasteiger partial charge in [-0.05, 0) is 29.1 Å². The molecule has 2 amide bonds. The molecule has 0 unspecified atom stereocenters. The zero-order valence-corrected chi connectivity index (χ0v) is 12.4. The topological polar surface area (TPSA) is 74.2 Å². The Labute approximate surface area is 134 Å². The van der Waals surface area contributed by atoms with Crippen LogP contribution in [0.25, 0.3) is 10.8 Å². The van der Waals surface area contributed by atoms with E-state index in [0.717, 1.165) is 16.3 Å². The van der Waals surface area contributed by atoms with E-state index in [9.17, 15) is 9.90 Å². The van der Waals surface area contributed by atoms with Crippen LogP contribution in [-0.4, -0.2) is 22.7 Å². The number of hydrogen-bond acceptors (Lipinski definition) is 3. The summed E-state index contributed by atoms with van der Waals surface area (Å²) in [4.78, 5) is 16.2. The fourth-order valence-corrected chi connectivity index (χ4v) is 2.41. The van der Waals surface area contributed by atoms with Gasteiger partial charge in [0.1, 0.15) is 0 Å². The number of carbonyl (C=O) groups is 1. The highest BCUT2D eigenvalue weighted by Crippen LogP contribution is 2.18. The molecule has 0 aliphatic carbocycles. The van der Waals surface area contributed by atoms with Crippen LogP contribution in [0.3, 0.4) is 0 Å². The van der Waals surface area contributed by atoms with Crippen molar-refractivity contribution < 1.29 is 9.90 Å². The number of fused-ring (bicyclic) bond motifs is 1. The van der Waals surface area contributed by atoms with Gasteiger partial charge in [-0.1, -0.05) is 36.4 Å². The van der Waals surface area contributed by atoms with Crippen LogP contribution >= 0.6 is 0 Å². The van der Waals surface area contributed by atoms with Gasteiger partial charge in [-0.3, -0.25) is 4.98 Å². The number of carbonyl (C=O) groups excluding carboxylic acids is 1. The predicted octanol–water partition coefficient (Wildman–Crippen LogP) is 3.09. The summed E-state index contributed by atoms with van der Waals surface area (Å²) in [6, 6.07) is 16.0. The molecular formula is C18H17N3O2. The number of aliphatic hydroxyl groups excluding tert-OH is 1. The Balaban J connectivity index is 1.70. The molecule has 0 spiro atoms. The molecule has 5 heteroatoms. The first-order valence-corrected chi connectivity index (χ1v) is 7.33. The molecule has 0 radical (unpaired) electrons. The Morgan fingerprint density at radius 2 is 1.91 bits per heavy atom. The third-order valence-corrected chi connectivity index (χ3v) is 3.59. The molecule has 0 aliphatic rings. The number of nitrogens with zero attached hydrogens (tertiary/aromatic N) is 1. The van der Waals surface area contributed by atoms with Crippen LogP contribution in [0.2, 0.25) is 0 Å². The van der Waals surface area contributed by atoms with E-state index in [4.69, 9.17) is 0 Å². The molecule has 3 N–H and O–H groups in total. The monoisotopic (exact) mass is 307 g/mol. The molecule has 116 valence electrons. The highest BCUT2D eigenvalue weighted by Gasteiger charge is 2.13. The molecule has 5 nitrogen and oxygen atoms in total. The van der Waals surface area contributed by atoms with Crippen molar-refractivity contribution in [2.24, 2.45) is 0 Å². The van der Waals surface area contributed by atoms with Crippen LogP contribution in [0.1, 0.15) is 11.6 Å². The third-order valence-electron chi connectivity index (χ3n) is 3.59. The first-order chi connectivity index (χ1) is 11.3. The number of hydrogen-bond donors (Lipinski definition) is 3. The van der Waals surface area contributed by atoms with Gasteiger partial charge in [-0.15, -0.1) is 0 Å². The van der Waals surface area contributed by atoms with Gasteiger partial charge in [0.2, 0.25) is 0 Å². The number of aromatic nitrogens is 1. The first kappa shape index (κ1) is 15.0. The molecule has 0 saturated heterocycles. The maximum Gasteiger partial charge on any atom is 0.319 e. The van der Waals surface area contributed by atoms with Gasteiger partial charge in [0, 0.05) is 23.5 Å². The standard InChI is InChI=1S/C18H17N3O2/c22-12-17(13-4-2-1-3-5-13)21-18(23)20-16-7-6-15-11-19-9-8-14(15)10-16/h1-11,17,22H,12H2,(H2,20,21,23)/t17-/m0/s1. The van der Waals surface area contributed by atoms with E-state index < -0.39 is 6.04 Å². The number of amides is 2. The van der Waals surface area contributed by atoms with Crippen LogP contribution < -0.4 is 10.6 Å². The van der Waals surface area contributed by atoms with Crippen molar-refractivity contribution in [2.75, 3.05) is 11.9 Å². The highest BCUT2D eigenvalue weighted by atomic mass is 16.3. The molecule has 0 aliphatic heterocycles. The summed E-state index contributed by atoms with van der Waals surface area (Å²) >= 11 is 0. The predicted molar refractivity (Wildman–Crippen MR) is 90.2 cm³/mol. The van der Waals surface area contributed by atoms with E-state index in [1.807, 2.05) is 54.6 Å². The summed E-state index contributed by atoms with van der Waals surface area (Å²) in [5, 5.41) is 17.1. The van der Waals surface area contributed by atoms with Crippen LogP contribution in [0.4, 0.5) is 10.5 Å². The molecule has 0 saturated carbocycles. The van der Waals surface area contributed by atoms with E-state index in [1.165, 1.54) is 0 Å². The van der Waals surface area contributed by atoms with E-state index in [2.05, 4.69) is 15.6 Å². The molecule has 3 rings (SSSR count). The summed E-state index contributed by atoms with van der Waals surface area (Å²) in [6.45, 7) is -0.166. The summed E-state index contributed by atoms with van der Waals surface area (Å²) in [6.07, 6.45) is 3.49. The van der Waals surface area contributed by atoms with Crippen molar-refractivity contribution in [1.29, 1.82) is 0 Å². The molecule has 2 aromatic carbocycles. The van der Waals surface area contributed by atoms with Gasteiger partial charge >= 0.3 is 6.03 Å². The lowest BCUT2D eigenvalue weighted by molar-refractivity contribution is 0.225. The average molecular weight is 307 g/mol. The van der Waals surface area contributed by atoms with Crippen molar-refractivity contribution in [2.45, 2.75) is 6.04 Å². The van der Waals surface area contributed by atoms with Gasteiger partial charge in [-0.2, -0.15) is 0 Å². The molecule has 0 bridgehead atoms. The zero-order chi connectivity index (χ0) is 16.1. The Morgan fingerprint density at radius 1 is 1.09 bits per heavy atom. The van der Waals surface area contributed by atoms with Gasteiger partial charge in [0.05, 0.1) is 12.6 Å². The SMILES string of the molecule is O=C(Nc1ccc2cnccc2c1)N[C@@H](CO)c1ccccc1. The Hall–Kier alpha value is -2.92. The molecule has 1 atom stereocenters. The molecule has 1 heterocycles. The van der Waals surface area contributed by atoms with Crippen LogP contribution in [0.15, 0.2) is 67.0 Å². The van der Waals surface area contributed by atoms with Crippen molar-refractivity contribution in [3.8, 4) is 0 Å². The van der Waals surface area contributed by atoms with E-state index in [1.54, 1.807) is 12.4 Å². The number of benzene rings is 2. The van der Waals surface area contributed by atoms with Gasteiger partial charge in [0.15, 0.2) is 0 Å². The molecule has 23 heavy (non-hydrogen) atoms. The summed E-state index contributed by atoms with van der Waals surface area (Å²) in [5.41, 5.74) is 1.54. The van der Waals surface area contributed by atoms with Gasteiger partial charge in [0.25, 0.3) is 0 Å². The van der Waals surface area contributed by atoms with E-state index in [0.29, 0.717) is 5.69 Å². The smallest absolute Gasteiger partial charge is 0.319 e. The quantitative estimate of drug-likeness (QED) is 0.693. The van der Waals surface area contributed by atoms with Crippen molar-refractivity contribution in [3.05, 3.63) is 72.6 Å². The Kier molecular flexibility index (Phi) is 4.49. The fourth-order valence-electron chi connectivity index (χ4n) is 2.41. The van der Waals surface area contributed by atoms with Crippen molar-refractivity contribution >= 4 is 22.5 Å². The minimum Gasteiger partial charge on any atom is -0.394 e. The normalized spacial score (nSPS) is 11.9. The minimum absolute atomic E-state index is 0.166.